The largest absolute Gasteiger partial charge is 0.369 e. The molecule has 1 aliphatic rings. The Morgan fingerprint density at radius 2 is 1.45 bits per heavy atom. The van der Waals surface area contributed by atoms with E-state index in [-0.39, 0.29) is 17.6 Å². The van der Waals surface area contributed by atoms with Gasteiger partial charge in [0.25, 0.3) is 0 Å². The summed E-state index contributed by atoms with van der Waals surface area (Å²) in [5.41, 5.74) is 7.51. The molecule has 0 amide bonds. The number of benzene rings is 2. The van der Waals surface area contributed by atoms with Gasteiger partial charge in [0, 0.05) is 37.6 Å². The zero-order chi connectivity index (χ0) is 20.2. The Labute approximate surface area is 167 Å². The molecule has 29 heavy (non-hydrogen) atoms. The number of nitrogens with zero attached hydrogens (tertiary/aromatic N) is 5. The van der Waals surface area contributed by atoms with E-state index in [0.717, 1.165) is 31.9 Å². The second-order valence-electron chi connectivity index (χ2n) is 6.80. The molecule has 0 unspecified atom stereocenters. The molecule has 0 spiro atoms. The fourth-order valence-electron chi connectivity index (χ4n) is 3.24. The molecule has 150 valence electrons. The topological polar surface area (TPSA) is 83.2 Å². The lowest BCUT2D eigenvalue weighted by Gasteiger charge is -2.35. The molecular formula is C20H21F2N7. The quantitative estimate of drug-likeness (QED) is 0.685. The summed E-state index contributed by atoms with van der Waals surface area (Å²) < 4.78 is 26.2. The predicted octanol–water partition coefficient (Wildman–Crippen LogP) is 2.80. The first-order valence-electron chi connectivity index (χ1n) is 9.31. The van der Waals surface area contributed by atoms with E-state index in [4.69, 9.17) is 5.73 Å². The van der Waals surface area contributed by atoms with Crippen LogP contribution >= 0.6 is 0 Å². The van der Waals surface area contributed by atoms with Crippen LogP contribution in [0.15, 0.2) is 48.5 Å². The van der Waals surface area contributed by atoms with Gasteiger partial charge in [-0.1, -0.05) is 0 Å². The molecule has 0 radical (unpaired) electrons. The number of hydrogen-bond donors (Lipinski definition) is 2. The van der Waals surface area contributed by atoms with Crippen LogP contribution in [0.5, 0.6) is 0 Å². The van der Waals surface area contributed by atoms with Gasteiger partial charge in [-0.25, -0.2) is 8.78 Å². The van der Waals surface area contributed by atoms with E-state index in [1.807, 2.05) is 0 Å². The Morgan fingerprint density at radius 3 is 2.10 bits per heavy atom. The minimum Gasteiger partial charge on any atom is -0.369 e. The fourth-order valence-corrected chi connectivity index (χ4v) is 3.24. The Morgan fingerprint density at radius 1 is 0.828 bits per heavy atom. The Kier molecular flexibility index (Phi) is 5.48. The number of aromatic nitrogens is 3. The Balaban J connectivity index is 1.37. The summed E-state index contributed by atoms with van der Waals surface area (Å²) in [7, 11) is 0. The van der Waals surface area contributed by atoms with E-state index >= 15 is 0 Å². The van der Waals surface area contributed by atoms with Crippen LogP contribution in [0.4, 0.5) is 32.1 Å². The van der Waals surface area contributed by atoms with Crippen molar-refractivity contribution in [3.63, 3.8) is 0 Å². The number of nitrogen functional groups attached to an aromatic ring is 1. The van der Waals surface area contributed by atoms with Gasteiger partial charge in [0.15, 0.2) is 0 Å². The number of nitrogens with one attached hydrogen (secondary N) is 1. The van der Waals surface area contributed by atoms with Gasteiger partial charge in [0.05, 0.1) is 6.54 Å². The van der Waals surface area contributed by atoms with Crippen molar-refractivity contribution < 1.29 is 8.78 Å². The zero-order valence-corrected chi connectivity index (χ0v) is 15.7. The summed E-state index contributed by atoms with van der Waals surface area (Å²) in [5, 5.41) is 3.02. The van der Waals surface area contributed by atoms with Crippen molar-refractivity contribution in [3.05, 3.63) is 66.0 Å². The van der Waals surface area contributed by atoms with E-state index in [0.29, 0.717) is 24.0 Å². The number of halogens is 2. The van der Waals surface area contributed by atoms with Gasteiger partial charge in [0.2, 0.25) is 11.9 Å². The van der Waals surface area contributed by atoms with Crippen molar-refractivity contribution in [1.82, 2.24) is 19.9 Å². The van der Waals surface area contributed by atoms with Crippen LogP contribution in [0.3, 0.4) is 0 Å². The van der Waals surface area contributed by atoms with Gasteiger partial charge >= 0.3 is 0 Å². The van der Waals surface area contributed by atoms with Crippen LogP contribution < -0.4 is 16.0 Å². The molecule has 1 aliphatic heterocycles. The van der Waals surface area contributed by atoms with Gasteiger partial charge in [-0.05, 0) is 48.5 Å². The van der Waals surface area contributed by atoms with Crippen LogP contribution in [0.2, 0.25) is 0 Å². The maximum absolute atomic E-state index is 13.1. The van der Waals surface area contributed by atoms with Crippen molar-refractivity contribution in [2.24, 2.45) is 0 Å². The first kappa shape index (κ1) is 19.0. The maximum atomic E-state index is 13.1. The number of rotatable bonds is 5. The molecule has 0 atom stereocenters. The minimum atomic E-state index is -0.314. The van der Waals surface area contributed by atoms with E-state index in [2.05, 4.69) is 30.1 Å². The molecule has 2 aromatic carbocycles. The van der Waals surface area contributed by atoms with Gasteiger partial charge in [0.1, 0.15) is 17.5 Å². The first-order chi connectivity index (χ1) is 14.0. The fraction of sp³-hybridized carbons (Fsp3) is 0.250. The molecule has 0 aliphatic carbocycles. The second kappa shape index (κ2) is 8.36. The zero-order valence-electron chi connectivity index (χ0n) is 15.7. The molecule has 9 heteroatoms. The summed E-state index contributed by atoms with van der Waals surface area (Å²) in [6.07, 6.45) is 0. The Bertz CT molecular complexity index is 956. The maximum Gasteiger partial charge on any atom is 0.232 e. The number of piperazine rings is 1. The smallest absolute Gasteiger partial charge is 0.232 e. The van der Waals surface area contributed by atoms with E-state index in [1.165, 1.54) is 24.3 Å². The summed E-state index contributed by atoms with van der Waals surface area (Å²) in [5.74, 6) is 0.474. The highest BCUT2D eigenvalue weighted by atomic mass is 19.1. The van der Waals surface area contributed by atoms with Crippen LogP contribution in [-0.4, -0.2) is 46.0 Å². The standard InChI is InChI=1S/C20H21F2N7/c21-14-1-5-16(6-2-14)24-20-26-18(25-19(23)27-20)13-28-9-11-29(12-10-28)17-7-3-15(22)4-8-17/h1-8H,9-13H2,(H3,23,24,25,26,27). The van der Waals surface area contributed by atoms with Crippen molar-refractivity contribution in [2.75, 3.05) is 42.1 Å². The molecular weight excluding hydrogens is 376 g/mol. The van der Waals surface area contributed by atoms with E-state index in [1.54, 1.807) is 24.3 Å². The highest BCUT2D eigenvalue weighted by molar-refractivity contribution is 5.53. The lowest BCUT2D eigenvalue weighted by atomic mass is 10.2. The molecule has 2 heterocycles. The van der Waals surface area contributed by atoms with Crippen molar-refractivity contribution in [1.29, 1.82) is 0 Å². The van der Waals surface area contributed by atoms with E-state index < -0.39 is 0 Å². The Hall–Kier alpha value is -3.33. The normalized spacial score (nSPS) is 14.8. The molecule has 0 saturated carbocycles. The van der Waals surface area contributed by atoms with E-state index in [9.17, 15) is 8.78 Å². The number of hydrogen-bond acceptors (Lipinski definition) is 7. The third-order valence-electron chi connectivity index (χ3n) is 4.73. The van der Waals surface area contributed by atoms with Gasteiger partial charge in [-0.2, -0.15) is 15.0 Å². The highest BCUT2D eigenvalue weighted by Crippen LogP contribution is 2.18. The third-order valence-corrected chi connectivity index (χ3v) is 4.73. The molecule has 1 fully saturated rings. The molecule has 7 nitrogen and oxygen atoms in total. The predicted molar refractivity (Wildman–Crippen MR) is 108 cm³/mol. The van der Waals surface area contributed by atoms with Crippen LogP contribution in [-0.2, 0) is 6.54 Å². The highest BCUT2D eigenvalue weighted by Gasteiger charge is 2.19. The second-order valence-corrected chi connectivity index (χ2v) is 6.80. The van der Waals surface area contributed by atoms with Gasteiger partial charge in [-0.3, -0.25) is 4.90 Å². The van der Waals surface area contributed by atoms with Crippen molar-refractivity contribution >= 4 is 23.3 Å². The van der Waals surface area contributed by atoms with Gasteiger partial charge < -0.3 is 16.0 Å². The molecule has 1 aromatic heterocycles. The summed E-state index contributed by atoms with van der Waals surface area (Å²) in [4.78, 5) is 17.2. The van der Waals surface area contributed by atoms with Crippen molar-refractivity contribution in [2.45, 2.75) is 6.54 Å². The molecule has 4 rings (SSSR count). The van der Waals surface area contributed by atoms with Gasteiger partial charge in [-0.15, -0.1) is 0 Å². The number of nitrogens with two attached hydrogens (primary N) is 1. The average molecular weight is 397 g/mol. The monoisotopic (exact) mass is 397 g/mol. The first-order valence-corrected chi connectivity index (χ1v) is 9.31. The number of anilines is 4. The summed E-state index contributed by atoms with van der Waals surface area (Å²) in [6, 6.07) is 12.5. The molecule has 0 bridgehead atoms. The third kappa shape index (κ3) is 4.94. The molecule has 3 aromatic rings. The lowest BCUT2D eigenvalue weighted by Crippen LogP contribution is -2.46. The van der Waals surface area contributed by atoms with Crippen molar-refractivity contribution in [3.8, 4) is 0 Å². The molecule has 1 saturated heterocycles. The van der Waals surface area contributed by atoms with Crippen LogP contribution in [0, 0.1) is 11.6 Å². The minimum absolute atomic E-state index is 0.129. The lowest BCUT2D eigenvalue weighted by molar-refractivity contribution is 0.244. The summed E-state index contributed by atoms with van der Waals surface area (Å²) >= 11 is 0. The van der Waals surface area contributed by atoms with Crippen LogP contribution in [0.25, 0.3) is 0 Å². The SMILES string of the molecule is Nc1nc(CN2CCN(c3ccc(F)cc3)CC2)nc(Nc2ccc(F)cc2)n1. The summed E-state index contributed by atoms with van der Waals surface area (Å²) in [6.45, 7) is 3.84. The molecule has 3 N–H and O–H groups in total. The average Bonchev–Trinajstić information content (AvgIpc) is 2.71. The van der Waals surface area contributed by atoms with Crippen LogP contribution in [0.1, 0.15) is 5.82 Å².